The molecule has 0 aliphatic carbocycles. The van der Waals surface area contributed by atoms with Gasteiger partial charge in [0.05, 0.1) is 16.4 Å². The molecule has 1 atom stereocenters. The van der Waals surface area contributed by atoms with E-state index < -0.39 is 0 Å². The molecule has 0 aliphatic rings. The Morgan fingerprint density at radius 2 is 1.89 bits per heavy atom. The highest BCUT2D eigenvalue weighted by Gasteiger charge is 2.14. The normalized spacial score (nSPS) is 12.3. The highest BCUT2D eigenvalue weighted by Crippen LogP contribution is 2.35. The summed E-state index contributed by atoms with van der Waals surface area (Å²) in [6.07, 6.45) is 0. The smallest absolute Gasteiger partial charge is 0.137 e. The van der Waals surface area contributed by atoms with Crippen LogP contribution in [0.15, 0.2) is 40.9 Å². The van der Waals surface area contributed by atoms with Gasteiger partial charge >= 0.3 is 0 Å². The van der Waals surface area contributed by atoms with Gasteiger partial charge < -0.3 is 4.74 Å². The summed E-state index contributed by atoms with van der Waals surface area (Å²) in [6, 6.07) is 11.0. The van der Waals surface area contributed by atoms with Crippen molar-refractivity contribution >= 4 is 31.9 Å². The van der Waals surface area contributed by atoms with Crippen LogP contribution in [0.5, 0.6) is 5.75 Å². The van der Waals surface area contributed by atoms with Crippen molar-refractivity contribution in [1.29, 1.82) is 0 Å². The Kier molecular flexibility index (Phi) is 4.63. The highest BCUT2D eigenvalue weighted by molar-refractivity contribution is 9.10. The Morgan fingerprint density at radius 1 is 1.16 bits per heavy atom. The van der Waals surface area contributed by atoms with Crippen LogP contribution < -0.4 is 4.74 Å². The molecule has 1 nitrogen and oxygen atoms in total. The number of halogens is 3. The van der Waals surface area contributed by atoms with E-state index in [1.807, 2.05) is 25.1 Å². The monoisotopic (exact) mass is 386 g/mol. The fourth-order valence-corrected chi connectivity index (χ4v) is 3.10. The Labute approximate surface area is 129 Å². The molecule has 0 fully saturated rings. The molecule has 2 aromatic carbocycles. The van der Waals surface area contributed by atoms with Gasteiger partial charge in [-0.3, -0.25) is 0 Å². The fraction of sp³-hybridized carbons (Fsp3) is 0.200. The first-order chi connectivity index (χ1) is 9.02. The molecule has 0 saturated carbocycles. The van der Waals surface area contributed by atoms with Crippen LogP contribution in [-0.4, -0.2) is 7.11 Å². The summed E-state index contributed by atoms with van der Waals surface area (Å²) in [6.45, 7) is 2.03. The fourth-order valence-electron chi connectivity index (χ4n) is 1.91. The largest absolute Gasteiger partial charge is 0.497 e. The quantitative estimate of drug-likeness (QED) is 0.641. The van der Waals surface area contributed by atoms with Crippen molar-refractivity contribution in [1.82, 2.24) is 0 Å². The first-order valence-electron chi connectivity index (χ1n) is 5.76. The first-order valence-corrected chi connectivity index (χ1v) is 7.47. The standard InChI is InChI=1S/C15H13Br2FO/c1-9-7-11(19-2)4-5-12(9)15(17)10-3-6-14(18)13(16)8-10/h3-8,15H,1-2H3. The summed E-state index contributed by atoms with van der Waals surface area (Å²) in [4.78, 5) is 0.0234. The summed E-state index contributed by atoms with van der Waals surface area (Å²) in [5.41, 5.74) is 3.27. The van der Waals surface area contributed by atoms with E-state index in [4.69, 9.17) is 4.74 Å². The van der Waals surface area contributed by atoms with Gasteiger partial charge in [-0.1, -0.05) is 28.1 Å². The summed E-state index contributed by atoms with van der Waals surface area (Å²) in [5.74, 6) is 0.580. The summed E-state index contributed by atoms with van der Waals surface area (Å²) < 4.78 is 18.9. The predicted octanol–water partition coefficient (Wildman–Crippen LogP) is 5.39. The van der Waals surface area contributed by atoms with Crippen LogP contribution in [0.4, 0.5) is 4.39 Å². The number of methoxy groups -OCH3 is 1. The van der Waals surface area contributed by atoms with Crippen LogP contribution >= 0.6 is 31.9 Å². The maximum absolute atomic E-state index is 13.3. The van der Waals surface area contributed by atoms with Crippen LogP contribution in [0.3, 0.4) is 0 Å². The zero-order valence-electron chi connectivity index (χ0n) is 10.6. The number of alkyl halides is 1. The summed E-state index contributed by atoms with van der Waals surface area (Å²) >= 11 is 6.88. The van der Waals surface area contributed by atoms with E-state index in [1.165, 1.54) is 6.07 Å². The molecule has 2 aromatic rings. The van der Waals surface area contributed by atoms with E-state index >= 15 is 0 Å². The van der Waals surface area contributed by atoms with Crippen molar-refractivity contribution in [3.8, 4) is 5.75 Å². The van der Waals surface area contributed by atoms with Crippen molar-refractivity contribution in [3.05, 3.63) is 63.4 Å². The molecule has 4 heteroatoms. The lowest BCUT2D eigenvalue weighted by Gasteiger charge is -2.15. The van der Waals surface area contributed by atoms with Crippen molar-refractivity contribution in [2.24, 2.45) is 0 Å². The lowest BCUT2D eigenvalue weighted by Crippen LogP contribution is -1.97. The minimum absolute atomic E-state index is 0.0234. The van der Waals surface area contributed by atoms with Gasteiger partial charge in [0.1, 0.15) is 11.6 Å². The average Bonchev–Trinajstić information content (AvgIpc) is 2.41. The topological polar surface area (TPSA) is 9.23 Å². The third-order valence-electron chi connectivity index (χ3n) is 2.99. The SMILES string of the molecule is COc1ccc(C(Br)c2ccc(F)c(Br)c2)c(C)c1. The van der Waals surface area contributed by atoms with Crippen molar-refractivity contribution < 1.29 is 9.13 Å². The molecular formula is C15H13Br2FO. The molecular weight excluding hydrogens is 375 g/mol. The molecule has 0 N–H and O–H groups in total. The molecule has 100 valence electrons. The van der Waals surface area contributed by atoms with E-state index in [-0.39, 0.29) is 10.6 Å². The number of benzene rings is 2. The Hall–Kier alpha value is -0.870. The third-order valence-corrected chi connectivity index (χ3v) is 4.62. The van der Waals surface area contributed by atoms with Crippen LogP contribution in [0, 0.1) is 12.7 Å². The van der Waals surface area contributed by atoms with E-state index in [2.05, 4.69) is 31.9 Å². The maximum Gasteiger partial charge on any atom is 0.137 e. The van der Waals surface area contributed by atoms with Gasteiger partial charge in [0.25, 0.3) is 0 Å². The Morgan fingerprint density at radius 3 is 2.47 bits per heavy atom. The molecule has 0 heterocycles. The number of aryl methyl sites for hydroxylation is 1. The summed E-state index contributed by atoms with van der Waals surface area (Å²) in [5, 5.41) is 0. The molecule has 0 saturated heterocycles. The van der Waals surface area contributed by atoms with E-state index in [9.17, 15) is 4.39 Å². The first kappa shape index (κ1) is 14.5. The maximum atomic E-state index is 13.3. The average molecular weight is 388 g/mol. The van der Waals surface area contributed by atoms with Crippen LogP contribution in [0.2, 0.25) is 0 Å². The van der Waals surface area contributed by atoms with Gasteiger partial charge in [0.15, 0.2) is 0 Å². The van der Waals surface area contributed by atoms with Crippen LogP contribution in [0.25, 0.3) is 0 Å². The highest BCUT2D eigenvalue weighted by atomic mass is 79.9. The Bertz CT molecular complexity index is 599. The molecule has 0 aromatic heterocycles. The number of hydrogen-bond acceptors (Lipinski definition) is 1. The van der Waals surface area contributed by atoms with Gasteiger partial charge in [0, 0.05) is 0 Å². The van der Waals surface area contributed by atoms with Gasteiger partial charge in [-0.25, -0.2) is 4.39 Å². The molecule has 0 radical (unpaired) electrons. The van der Waals surface area contributed by atoms with E-state index in [0.29, 0.717) is 4.47 Å². The lowest BCUT2D eigenvalue weighted by atomic mass is 10.0. The van der Waals surface area contributed by atoms with E-state index in [0.717, 1.165) is 22.4 Å². The zero-order valence-corrected chi connectivity index (χ0v) is 13.8. The third kappa shape index (κ3) is 3.18. The Balaban J connectivity index is 2.38. The second kappa shape index (κ2) is 6.06. The molecule has 1 unspecified atom stereocenters. The molecule has 19 heavy (non-hydrogen) atoms. The zero-order chi connectivity index (χ0) is 14.0. The van der Waals surface area contributed by atoms with Crippen molar-refractivity contribution in [2.45, 2.75) is 11.8 Å². The van der Waals surface area contributed by atoms with Crippen molar-refractivity contribution in [3.63, 3.8) is 0 Å². The minimum Gasteiger partial charge on any atom is -0.497 e. The second-order valence-electron chi connectivity index (χ2n) is 4.26. The number of ether oxygens (including phenoxy) is 1. The number of rotatable bonds is 3. The number of hydrogen-bond donors (Lipinski definition) is 0. The molecule has 0 spiro atoms. The molecule has 0 aliphatic heterocycles. The molecule has 2 rings (SSSR count). The van der Waals surface area contributed by atoms with Crippen LogP contribution in [-0.2, 0) is 0 Å². The summed E-state index contributed by atoms with van der Waals surface area (Å²) in [7, 11) is 1.65. The minimum atomic E-state index is -0.255. The van der Waals surface area contributed by atoms with Gasteiger partial charge in [-0.15, -0.1) is 0 Å². The van der Waals surface area contributed by atoms with Crippen molar-refractivity contribution in [2.75, 3.05) is 7.11 Å². The lowest BCUT2D eigenvalue weighted by molar-refractivity contribution is 0.414. The van der Waals surface area contributed by atoms with Gasteiger partial charge in [0.2, 0.25) is 0 Å². The second-order valence-corrected chi connectivity index (χ2v) is 6.03. The van der Waals surface area contributed by atoms with E-state index in [1.54, 1.807) is 19.2 Å². The van der Waals surface area contributed by atoms with Gasteiger partial charge in [-0.05, 0) is 63.8 Å². The van der Waals surface area contributed by atoms with Gasteiger partial charge in [-0.2, -0.15) is 0 Å². The predicted molar refractivity (Wildman–Crippen MR) is 82.6 cm³/mol. The molecule has 0 bridgehead atoms. The molecule has 0 amide bonds. The van der Waals surface area contributed by atoms with Crippen LogP contribution in [0.1, 0.15) is 21.5 Å².